The number of rotatable bonds is 5. The minimum Gasteiger partial charge on any atom is -0.370 e. The molecule has 82 valence electrons. The van der Waals surface area contributed by atoms with Gasteiger partial charge in [-0.1, -0.05) is 13.8 Å². The first kappa shape index (κ1) is 11.5. The van der Waals surface area contributed by atoms with E-state index in [2.05, 4.69) is 22.5 Å². The van der Waals surface area contributed by atoms with Gasteiger partial charge in [0.25, 0.3) is 0 Å². The van der Waals surface area contributed by atoms with E-state index in [9.17, 15) is 4.79 Å². The molecule has 1 rings (SSSR count). The molecule has 2 N–H and O–H groups in total. The summed E-state index contributed by atoms with van der Waals surface area (Å²) in [5.41, 5.74) is 0.740. The fourth-order valence-corrected chi connectivity index (χ4v) is 1.07. The highest BCUT2D eigenvalue weighted by Gasteiger charge is 1.99. The first-order valence-corrected chi connectivity index (χ1v) is 5.26. The van der Waals surface area contributed by atoms with E-state index in [-0.39, 0.29) is 5.91 Å². The van der Waals surface area contributed by atoms with Gasteiger partial charge in [0.15, 0.2) is 0 Å². The number of amides is 1. The third-order valence-electron chi connectivity index (χ3n) is 1.92. The van der Waals surface area contributed by atoms with Crippen LogP contribution in [0.1, 0.15) is 26.7 Å². The van der Waals surface area contributed by atoms with Crippen LogP contribution in [0.4, 0.5) is 11.5 Å². The lowest BCUT2D eigenvalue weighted by atomic mass is 10.3. The number of pyridine rings is 1. The van der Waals surface area contributed by atoms with Crippen LogP contribution in [0.25, 0.3) is 0 Å². The Labute approximate surface area is 90.1 Å². The Balaban J connectivity index is 2.52. The van der Waals surface area contributed by atoms with Crippen molar-refractivity contribution in [2.24, 2.45) is 0 Å². The van der Waals surface area contributed by atoms with Crippen LogP contribution in [0, 0.1) is 0 Å². The molecule has 0 saturated carbocycles. The first-order valence-electron chi connectivity index (χ1n) is 5.26. The number of carbonyl (C=O) groups is 1. The average Bonchev–Trinajstić information content (AvgIpc) is 2.28. The summed E-state index contributed by atoms with van der Waals surface area (Å²) in [6.07, 6.45) is 3.21. The van der Waals surface area contributed by atoms with Crippen LogP contribution in [-0.4, -0.2) is 17.4 Å². The van der Waals surface area contributed by atoms with Crippen LogP contribution in [0.5, 0.6) is 0 Å². The summed E-state index contributed by atoms with van der Waals surface area (Å²) >= 11 is 0. The van der Waals surface area contributed by atoms with E-state index < -0.39 is 0 Å². The van der Waals surface area contributed by atoms with Gasteiger partial charge in [-0.3, -0.25) is 4.79 Å². The van der Waals surface area contributed by atoms with Crippen molar-refractivity contribution in [3.8, 4) is 0 Å². The van der Waals surface area contributed by atoms with Crippen LogP contribution in [0.2, 0.25) is 0 Å². The lowest BCUT2D eigenvalue weighted by molar-refractivity contribution is -0.115. The van der Waals surface area contributed by atoms with Gasteiger partial charge in [0.2, 0.25) is 5.91 Å². The summed E-state index contributed by atoms with van der Waals surface area (Å²) in [6.45, 7) is 4.83. The predicted molar refractivity (Wildman–Crippen MR) is 61.9 cm³/mol. The van der Waals surface area contributed by atoms with Gasteiger partial charge >= 0.3 is 0 Å². The molecule has 0 unspecified atom stereocenters. The molecule has 0 bridgehead atoms. The first-order chi connectivity index (χ1) is 7.26. The molecule has 1 aromatic rings. The number of hydrogen-bond donors (Lipinski definition) is 2. The van der Waals surface area contributed by atoms with Crippen molar-refractivity contribution in [2.45, 2.75) is 26.7 Å². The summed E-state index contributed by atoms with van der Waals surface area (Å²) in [5, 5.41) is 5.91. The second-order valence-electron chi connectivity index (χ2n) is 3.26. The molecule has 0 spiro atoms. The Morgan fingerprint density at radius 1 is 1.40 bits per heavy atom. The van der Waals surface area contributed by atoms with E-state index in [1.165, 1.54) is 0 Å². The zero-order chi connectivity index (χ0) is 11.1. The Kier molecular flexibility index (Phi) is 4.60. The van der Waals surface area contributed by atoms with Crippen LogP contribution in [-0.2, 0) is 4.79 Å². The fraction of sp³-hybridized carbons (Fsp3) is 0.455. The van der Waals surface area contributed by atoms with Gasteiger partial charge in [-0.05, 0) is 18.6 Å². The van der Waals surface area contributed by atoms with Gasteiger partial charge in [-0.2, -0.15) is 0 Å². The quantitative estimate of drug-likeness (QED) is 0.778. The lowest BCUT2D eigenvalue weighted by Crippen LogP contribution is -2.10. The van der Waals surface area contributed by atoms with Crippen molar-refractivity contribution in [1.82, 2.24) is 4.98 Å². The Morgan fingerprint density at radius 2 is 2.20 bits per heavy atom. The van der Waals surface area contributed by atoms with Crippen molar-refractivity contribution in [3.63, 3.8) is 0 Å². The average molecular weight is 207 g/mol. The number of carbonyl (C=O) groups excluding carboxylic acids is 1. The molecule has 15 heavy (non-hydrogen) atoms. The highest BCUT2D eigenvalue weighted by Crippen LogP contribution is 2.09. The largest absolute Gasteiger partial charge is 0.370 e. The van der Waals surface area contributed by atoms with Crippen molar-refractivity contribution in [3.05, 3.63) is 18.3 Å². The maximum atomic E-state index is 11.1. The smallest absolute Gasteiger partial charge is 0.224 e. The van der Waals surface area contributed by atoms with Gasteiger partial charge in [0.1, 0.15) is 5.82 Å². The highest BCUT2D eigenvalue weighted by molar-refractivity contribution is 5.90. The van der Waals surface area contributed by atoms with Crippen molar-refractivity contribution >= 4 is 17.4 Å². The standard InChI is InChI=1S/C11H17N3O/c1-3-7-12-10-6-5-9(8-13-10)14-11(15)4-2/h5-6,8H,3-4,7H2,1-2H3,(H,12,13)(H,14,15). The maximum absolute atomic E-state index is 11.1. The van der Waals surface area contributed by atoms with Gasteiger partial charge in [-0.25, -0.2) is 4.98 Å². The normalized spacial score (nSPS) is 9.73. The molecule has 0 aliphatic carbocycles. The molecule has 0 aliphatic rings. The summed E-state index contributed by atoms with van der Waals surface area (Å²) in [5.74, 6) is 0.845. The number of hydrogen-bond acceptors (Lipinski definition) is 3. The number of nitrogens with zero attached hydrogens (tertiary/aromatic N) is 1. The molecule has 0 fully saturated rings. The van der Waals surface area contributed by atoms with Gasteiger partial charge < -0.3 is 10.6 Å². The second-order valence-corrected chi connectivity index (χ2v) is 3.26. The lowest BCUT2D eigenvalue weighted by Gasteiger charge is -2.05. The van der Waals surface area contributed by atoms with E-state index in [4.69, 9.17) is 0 Å². The third-order valence-corrected chi connectivity index (χ3v) is 1.92. The third kappa shape index (κ3) is 3.97. The molecule has 1 aromatic heterocycles. The predicted octanol–water partition coefficient (Wildman–Crippen LogP) is 2.25. The van der Waals surface area contributed by atoms with Crippen molar-refractivity contribution in [1.29, 1.82) is 0 Å². The van der Waals surface area contributed by atoms with Crippen LogP contribution >= 0.6 is 0 Å². The summed E-state index contributed by atoms with van der Waals surface area (Å²) < 4.78 is 0. The zero-order valence-corrected chi connectivity index (χ0v) is 9.21. The van der Waals surface area contributed by atoms with Crippen LogP contribution in [0.15, 0.2) is 18.3 Å². The van der Waals surface area contributed by atoms with Crippen molar-refractivity contribution in [2.75, 3.05) is 17.2 Å². The molecule has 4 heteroatoms. The molecule has 4 nitrogen and oxygen atoms in total. The van der Waals surface area contributed by atoms with E-state index >= 15 is 0 Å². The molecule has 0 aliphatic heterocycles. The molecule has 0 saturated heterocycles. The molecule has 0 atom stereocenters. The number of aromatic nitrogens is 1. The second kappa shape index (κ2) is 6.01. The summed E-state index contributed by atoms with van der Waals surface area (Å²) in [6, 6.07) is 3.71. The SMILES string of the molecule is CCCNc1ccc(NC(=O)CC)cn1. The minimum atomic E-state index is 0.00562. The summed E-state index contributed by atoms with van der Waals surface area (Å²) in [4.78, 5) is 15.3. The van der Waals surface area contributed by atoms with Gasteiger partial charge in [-0.15, -0.1) is 0 Å². The molecule has 1 heterocycles. The molecule has 1 amide bonds. The highest BCUT2D eigenvalue weighted by atomic mass is 16.1. The molecule has 0 radical (unpaired) electrons. The van der Waals surface area contributed by atoms with E-state index in [1.807, 2.05) is 19.1 Å². The van der Waals surface area contributed by atoms with Gasteiger partial charge in [0, 0.05) is 13.0 Å². The summed E-state index contributed by atoms with van der Waals surface area (Å²) in [7, 11) is 0. The van der Waals surface area contributed by atoms with E-state index in [1.54, 1.807) is 6.20 Å². The van der Waals surface area contributed by atoms with E-state index in [0.29, 0.717) is 6.42 Å². The number of nitrogens with one attached hydrogen (secondary N) is 2. The zero-order valence-electron chi connectivity index (χ0n) is 9.21. The topological polar surface area (TPSA) is 54.0 Å². The molecular formula is C11H17N3O. The van der Waals surface area contributed by atoms with Crippen LogP contribution in [0.3, 0.4) is 0 Å². The minimum absolute atomic E-state index is 0.00562. The number of anilines is 2. The Hall–Kier alpha value is -1.58. The van der Waals surface area contributed by atoms with Crippen LogP contribution < -0.4 is 10.6 Å². The van der Waals surface area contributed by atoms with Crippen molar-refractivity contribution < 1.29 is 4.79 Å². The Morgan fingerprint density at radius 3 is 2.73 bits per heavy atom. The maximum Gasteiger partial charge on any atom is 0.224 e. The fourth-order valence-electron chi connectivity index (χ4n) is 1.07. The monoisotopic (exact) mass is 207 g/mol. The Bertz CT molecular complexity index is 308. The van der Waals surface area contributed by atoms with Gasteiger partial charge in [0.05, 0.1) is 11.9 Å². The molecular weight excluding hydrogens is 190 g/mol. The van der Waals surface area contributed by atoms with E-state index in [0.717, 1.165) is 24.5 Å². The molecule has 0 aromatic carbocycles.